The molecule has 10 heteroatoms. The van der Waals surface area contributed by atoms with Crippen molar-refractivity contribution in [3.8, 4) is 17.2 Å². The number of hydrogen-bond acceptors (Lipinski definition) is 7. The van der Waals surface area contributed by atoms with Crippen molar-refractivity contribution in [3.05, 3.63) is 75.7 Å². The van der Waals surface area contributed by atoms with E-state index in [1.807, 2.05) is 6.07 Å². The summed E-state index contributed by atoms with van der Waals surface area (Å²) in [5, 5.41) is 7.03. The Morgan fingerprint density at radius 3 is 2.24 bits per heavy atom. The first-order valence-electron chi connectivity index (χ1n) is 9.92. The topological polar surface area (TPSA) is 124 Å². The van der Waals surface area contributed by atoms with Crippen LogP contribution in [-0.2, 0) is 16.0 Å². The van der Waals surface area contributed by atoms with E-state index in [1.54, 1.807) is 37.3 Å². The van der Waals surface area contributed by atoms with E-state index in [9.17, 15) is 14.4 Å². The van der Waals surface area contributed by atoms with Crippen LogP contribution in [0.15, 0.2) is 58.4 Å². The van der Waals surface area contributed by atoms with Crippen molar-refractivity contribution in [1.29, 1.82) is 0 Å². The van der Waals surface area contributed by atoms with Gasteiger partial charge >= 0.3 is 5.97 Å². The predicted molar refractivity (Wildman–Crippen MR) is 121 cm³/mol. The summed E-state index contributed by atoms with van der Waals surface area (Å²) in [5.74, 6) is -0.174. The Bertz CT molecular complexity index is 1220. The minimum absolute atomic E-state index is 0.160. The molecule has 0 radical (unpaired) electrons. The van der Waals surface area contributed by atoms with E-state index in [0.717, 1.165) is 0 Å². The minimum Gasteiger partial charge on any atom is -0.497 e. The second kappa shape index (κ2) is 10.3. The van der Waals surface area contributed by atoms with Gasteiger partial charge in [0.05, 0.1) is 50.4 Å². The molecule has 0 atom stereocenters. The highest BCUT2D eigenvalue weighted by atomic mass is 16.5. The van der Waals surface area contributed by atoms with Crippen molar-refractivity contribution in [2.75, 3.05) is 21.3 Å². The number of aromatic amines is 1. The molecule has 33 heavy (non-hydrogen) atoms. The van der Waals surface area contributed by atoms with E-state index in [-0.39, 0.29) is 23.3 Å². The Kier molecular flexibility index (Phi) is 7.29. The van der Waals surface area contributed by atoms with E-state index in [1.165, 1.54) is 38.1 Å². The molecule has 1 amide bonds. The third-order valence-corrected chi connectivity index (χ3v) is 4.83. The number of carbonyl (C=O) groups is 2. The largest absolute Gasteiger partial charge is 0.497 e. The molecular formula is C23H24N4O6. The van der Waals surface area contributed by atoms with Crippen LogP contribution in [0.3, 0.4) is 0 Å². The van der Waals surface area contributed by atoms with Gasteiger partial charge in [-0.3, -0.25) is 19.5 Å². The first-order chi connectivity index (χ1) is 15.9. The number of ether oxygens (including phenoxy) is 3. The van der Waals surface area contributed by atoms with Crippen LogP contribution >= 0.6 is 0 Å². The third kappa shape index (κ3) is 5.29. The molecule has 3 rings (SSSR count). The molecule has 172 valence electrons. The maximum absolute atomic E-state index is 13.1. The lowest BCUT2D eigenvalue weighted by Gasteiger charge is -2.08. The molecule has 0 unspecified atom stereocenters. The van der Waals surface area contributed by atoms with Gasteiger partial charge in [0, 0.05) is 11.6 Å². The number of aromatic nitrogens is 2. The molecule has 2 N–H and O–H groups in total. The fourth-order valence-corrected chi connectivity index (χ4v) is 3.15. The quantitative estimate of drug-likeness (QED) is 0.306. The summed E-state index contributed by atoms with van der Waals surface area (Å²) < 4.78 is 16.4. The summed E-state index contributed by atoms with van der Waals surface area (Å²) in [7, 11) is 4.22. The van der Waals surface area contributed by atoms with Gasteiger partial charge in [0.2, 0.25) is 0 Å². The molecular weight excluding hydrogens is 428 g/mol. The van der Waals surface area contributed by atoms with Crippen LogP contribution in [0.5, 0.6) is 11.5 Å². The van der Waals surface area contributed by atoms with E-state index in [0.29, 0.717) is 22.9 Å². The van der Waals surface area contributed by atoms with Gasteiger partial charge in [-0.1, -0.05) is 18.2 Å². The number of carbonyl (C=O) groups excluding carboxylic acids is 2. The summed E-state index contributed by atoms with van der Waals surface area (Å²) in [6, 6.07) is 13.6. The normalized spacial score (nSPS) is 11.1. The van der Waals surface area contributed by atoms with Crippen LogP contribution < -0.4 is 20.5 Å². The van der Waals surface area contributed by atoms with Crippen molar-refractivity contribution < 1.29 is 23.8 Å². The maximum Gasteiger partial charge on any atom is 0.311 e. The van der Waals surface area contributed by atoms with Gasteiger partial charge in [0.25, 0.3) is 11.5 Å². The minimum atomic E-state index is -0.530. The number of hydrazone groups is 1. The molecule has 0 spiro atoms. The molecule has 0 aliphatic heterocycles. The van der Waals surface area contributed by atoms with E-state index in [4.69, 9.17) is 14.2 Å². The standard InChI is InChI=1S/C23H24N4O6/c1-14(24-25-22(29)15-10-17(31-2)12-18(11-15)32-3)21-19(13-20(28)33-4)26-27(23(21)30)16-8-6-5-7-9-16/h5-12,26H,13H2,1-4H3,(H,25,29)/b24-14+. The summed E-state index contributed by atoms with van der Waals surface area (Å²) in [4.78, 5) is 37.7. The molecule has 1 heterocycles. The molecule has 0 saturated heterocycles. The number of nitrogens with zero attached hydrogens (tertiary/aromatic N) is 2. The van der Waals surface area contributed by atoms with E-state index >= 15 is 0 Å². The van der Waals surface area contributed by atoms with Crippen LogP contribution in [0, 0.1) is 0 Å². The van der Waals surface area contributed by atoms with Gasteiger partial charge in [-0.2, -0.15) is 5.10 Å². The first kappa shape index (κ1) is 23.3. The Morgan fingerprint density at radius 1 is 1.03 bits per heavy atom. The molecule has 0 fully saturated rings. The lowest BCUT2D eigenvalue weighted by Crippen LogP contribution is -2.24. The molecule has 0 saturated carbocycles. The van der Waals surface area contributed by atoms with Crippen molar-refractivity contribution >= 4 is 17.6 Å². The van der Waals surface area contributed by atoms with E-state index in [2.05, 4.69) is 15.6 Å². The number of rotatable bonds is 8. The number of nitrogens with one attached hydrogen (secondary N) is 2. The summed E-state index contributed by atoms with van der Waals surface area (Å²) in [6.45, 7) is 1.56. The highest BCUT2D eigenvalue weighted by Gasteiger charge is 2.21. The highest BCUT2D eigenvalue weighted by Crippen LogP contribution is 2.22. The van der Waals surface area contributed by atoms with Gasteiger partial charge in [-0.15, -0.1) is 0 Å². The zero-order chi connectivity index (χ0) is 24.0. The number of methoxy groups -OCH3 is 3. The maximum atomic E-state index is 13.1. The first-order valence-corrected chi connectivity index (χ1v) is 9.92. The van der Waals surface area contributed by atoms with Gasteiger partial charge in [0.15, 0.2) is 0 Å². The zero-order valence-electron chi connectivity index (χ0n) is 18.7. The Hall–Kier alpha value is -4.34. The summed E-state index contributed by atoms with van der Waals surface area (Å²) >= 11 is 0. The number of benzene rings is 2. The van der Waals surface area contributed by atoms with Crippen LogP contribution in [0.4, 0.5) is 0 Å². The van der Waals surface area contributed by atoms with Gasteiger partial charge in [-0.25, -0.2) is 10.1 Å². The van der Waals surface area contributed by atoms with Gasteiger partial charge in [0.1, 0.15) is 11.5 Å². The molecule has 2 aromatic carbocycles. The molecule has 0 aliphatic rings. The Labute approximate surface area is 189 Å². The number of esters is 1. The van der Waals surface area contributed by atoms with Crippen molar-refractivity contribution in [1.82, 2.24) is 15.2 Å². The number of hydrogen-bond donors (Lipinski definition) is 2. The smallest absolute Gasteiger partial charge is 0.311 e. The SMILES string of the molecule is COC(=O)Cc1[nH]n(-c2ccccc2)c(=O)c1/C(C)=N/NC(=O)c1cc(OC)cc(OC)c1. The van der Waals surface area contributed by atoms with Crippen molar-refractivity contribution in [2.24, 2.45) is 5.10 Å². The van der Waals surface area contributed by atoms with Gasteiger partial charge < -0.3 is 14.2 Å². The van der Waals surface area contributed by atoms with Crippen molar-refractivity contribution in [3.63, 3.8) is 0 Å². The molecule has 10 nitrogen and oxygen atoms in total. The average molecular weight is 452 g/mol. The lowest BCUT2D eigenvalue weighted by molar-refractivity contribution is -0.139. The van der Waals surface area contributed by atoms with Crippen LogP contribution in [-0.4, -0.2) is 48.7 Å². The Balaban J connectivity index is 1.96. The fourth-order valence-electron chi connectivity index (χ4n) is 3.15. The molecule has 0 aliphatic carbocycles. The predicted octanol–water partition coefficient (Wildman–Crippen LogP) is 2.05. The van der Waals surface area contributed by atoms with Crippen molar-refractivity contribution in [2.45, 2.75) is 13.3 Å². The Morgan fingerprint density at radius 2 is 1.67 bits per heavy atom. The average Bonchev–Trinajstić information content (AvgIpc) is 3.17. The monoisotopic (exact) mass is 452 g/mol. The zero-order valence-corrected chi connectivity index (χ0v) is 18.7. The fraction of sp³-hybridized carbons (Fsp3) is 0.217. The molecule has 0 bridgehead atoms. The van der Waals surface area contributed by atoms with Crippen LogP contribution in [0.1, 0.15) is 28.5 Å². The number of H-pyrrole nitrogens is 1. The van der Waals surface area contributed by atoms with Crippen LogP contribution in [0.2, 0.25) is 0 Å². The molecule has 1 aromatic heterocycles. The van der Waals surface area contributed by atoms with E-state index < -0.39 is 17.4 Å². The second-order valence-corrected chi connectivity index (χ2v) is 6.93. The van der Waals surface area contributed by atoms with Gasteiger partial charge in [-0.05, 0) is 31.2 Å². The second-order valence-electron chi connectivity index (χ2n) is 6.93. The number of amides is 1. The summed E-state index contributed by atoms with van der Waals surface area (Å²) in [6.07, 6.45) is -0.172. The third-order valence-electron chi connectivity index (χ3n) is 4.83. The highest BCUT2D eigenvalue weighted by molar-refractivity contribution is 6.02. The molecule has 3 aromatic rings. The summed E-state index contributed by atoms with van der Waals surface area (Å²) in [5.41, 5.74) is 3.54. The number of para-hydroxylation sites is 1. The lowest BCUT2D eigenvalue weighted by atomic mass is 10.1. The van der Waals surface area contributed by atoms with Crippen LogP contribution in [0.25, 0.3) is 5.69 Å².